The number of fused-ring (bicyclic) bond motifs is 1. The first-order valence-electron chi connectivity index (χ1n) is 12.3. The standard InChI is InChI=1S/C31H25BrIN3O2/c32-28-18-22(19-29(33)30(28)38-21-24-9-6-8-23-7-4-5-12-27(23)24)17-25(20-34)31(37)36-15-13-35(14-16-36)26-10-2-1-3-11-26/h1-12,17-19H,13-16,21H2/b25-17-. The van der Waals surface area contributed by atoms with E-state index in [1.807, 2.05) is 48.5 Å². The molecule has 0 spiro atoms. The third-order valence-corrected chi connectivity index (χ3v) is 8.01. The molecule has 1 amide bonds. The van der Waals surface area contributed by atoms with Crippen LogP contribution in [0.15, 0.2) is 95.0 Å². The van der Waals surface area contributed by atoms with E-state index in [4.69, 9.17) is 4.74 Å². The van der Waals surface area contributed by atoms with E-state index in [0.717, 1.165) is 43.7 Å². The van der Waals surface area contributed by atoms with Crippen LogP contribution in [0.4, 0.5) is 5.69 Å². The zero-order valence-corrected chi connectivity index (χ0v) is 24.4. The molecule has 0 N–H and O–H groups in total. The first kappa shape index (κ1) is 26.3. The third-order valence-electron chi connectivity index (χ3n) is 6.62. The summed E-state index contributed by atoms with van der Waals surface area (Å²) in [5.74, 6) is 0.500. The summed E-state index contributed by atoms with van der Waals surface area (Å²) >= 11 is 5.86. The molecule has 1 aliphatic rings. The molecule has 1 heterocycles. The van der Waals surface area contributed by atoms with E-state index in [2.05, 4.69) is 85.9 Å². The lowest BCUT2D eigenvalue weighted by Crippen LogP contribution is -2.49. The number of carbonyl (C=O) groups excluding carboxylic acids is 1. The summed E-state index contributed by atoms with van der Waals surface area (Å²) in [6.45, 7) is 3.06. The maximum atomic E-state index is 13.2. The van der Waals surface area contributed by atoms with E-state index >= 15 is 0 Å². The molecule has 0 unspecified atom stereocenters. The Morgan fingerprint density at radius 3 is 2.42 bits per heavy atom. The van der Waals surface area contributed by atoms with Crippen molar-refractivity contribution in [3.63, 3.8) is 0 Å². The number of anilines is 1. The minimum atomic E-state index is -0.234. The number of amides is 1. The maximum absolute atomic E-state index is 13.2. The molecule has 0 atom stereocenters. The predicted molar refractivity (Wildman–Crippen MR) is 164 cm³/mol. The number of hydrogen-bond donors (Lipinski definition) is 0. The molecule has 5 rings (SSSR count). The fourth-order valence-electron chi connectivity index (χ4n) is 4.65. The number of piperazine rings is 1. The Morgan fingerprint density at radius 1 is 0.974 bits per heavy atom. The van der Waals surface area contributed by atoms with E-state index in [1.54, 1.807) is 11.0 Å². The second-order valence-corrected chi connectivity index (χ2v) is 11.0. The van der Waals surface area contributed by atoms with Crippen LogP contribution >= 0.6 is 38.5 Å². The van der Waals surface area contributed by atoms with Crippen molar-refractivity contribution in [1.82, 2.24) is 4.90 Å². The second kappa shape index (κ2) is 12.0. The molecule has 38 heavy (non-hydrogen) atoms. The Bertz CT molecular complexity index is 1510. The second-order valence-electron chi connectivity index (χ2n) is 9.03. The molecule has 0 radical (unpaired) electrons. The Morgan fingerprint density at radius 2 is 1.68 bits per heavy atom. The fraction of sp³-hybridized carbons (Fsp3) is 0.161. The van der Waals surface area contributed by atoms with Gasteiger partial charge >= 0.3 is 0 Å². The highest BCUT2D eigenvalue weighted by atomic mass is 127. The van der Waals surface area contributed by atoms with E-state index in [-0.39, 0.29) is 11.5 Å². The summed E-state index contributed by atoms with van der Waals surface area (Å²) in [6, 6.07) is 30.6. The third kappa shape index (κ3) is 5.87. The highest BCUT2D eigenvalue weighted by molar-refractivity contribution is 14.1. The van der Waals surface area contributed by atoms with Gasteiger partial charge < -0.3 is 14.5 Å². The minimum absolute atomic E-state index is 0.130. The van der Waals surface area contributed by atoms with Crippen molar-refractivity contribution < 1.29 is 9.53 Å². The van der Waals surface area contributed by atoms with Crippen molar-refractivity contribution in [2.75, 3.05) is 31.1 Å². The summed E-state index contributed by atoms with van der Waals surface area (Å²) < 4.78 is 7.89. The Hall–Kier alpha value is -3.35. The van der Waals surface area contributed by atoms with Crippen LogP contribution in [-0.2, 0) is 11.4 Å². The largest absolute Gasteiger partial charge is 0.487 e. The molecule has 5 nitrogen and oxygen atoms in total. The first-order valence-corrected chi connectivity index (χ1v) is 14.2. The lowest BCUT2D eigenvalue weighted by atomic mass is 10.1. The van der Waals surface area contributed by atoms with Crippen molar-refractivity contribution >= 4 is 67.0 Å². The number of nitriles is 1. The van der Waals surface area contributed by atoms with Gasteiger partial charge in [0, 0.05) is 31.9 Å². The van der Waals surface area contributed by atoms with Gasteiger partial charge in [0.2, 0.25) is 0 Å². The number of ether oxygens (including phenoxy) is 1. The van der Waals surface area contributed by atoms with Gasteiger partial charge in [-0.15, -0.1) is 0 Å². The van der Waals surface area contributed by atoms with Crippen LogP contribution < -0.4 is 9.64 Å². The monoisotopic (exact) mass is 677 g/mol. The SMILES string of the molecule is N#C/C(=C/c1cc(Br)c(OCc2cccc3ccccc23)c(I)c1)C(=O)N1CCN(c2ccccc2)CC1. The van der Waals surface area contributed by atoms with Gasteiger partial charge in [-0.05, 0) is 90.8 Å². The van der Waals surface area contributed by atoms with Crippen LogP contribution in [0, 0.1) is 14.9 Å². The van der Waals surface area contributed by atoms with Gasteiger partial charge in [-0.3, -0.25) is 4.79 Å². The fourth-order valence-corrected chi connectivity index (χ4v) is 6.42. The Labute approximate surface area is 244 Å². The van der Waals surface area contributed by atoms with Crippen LogP contribution in [0.5, 0.6) is 5.75 Å². The molecule has 4 aromatic carbocycles. The van der Waals surface area contributed by atoms with Crippen molar-refractivity contribution in [1.29, 1.82) is 5.26 Å². The molecule has 1 fully saturated rings. The summed E-state index contributed by atoms with van der Waals surface area (Å²) in [5.41, 5.74) is 3.16. The van der Waals surface area contributed by atoms with Gasteiger partial charge in [0.1, 0.15) is 24.0 Å². The minimum Gasteiger partial charge on any atom is -0.487 e. The number of nitrogens with zero attached hydrogens (tertiary/aromatic N) is 3. The van der Waals surface area contributed by atoms with E-state index in [1.165, 1.54) is 10.8 Å². The van der Waals surface area contributed by atoms with Gasteiger partial charge in [0.05, 0.1) is 8.04 Å². The van der Waals surface area contributed by atoms with Crippen LogP contribution in [-0.4, -0.2) is 37.0 Å². The quantitative estimate of drug-likeness (QED) is 0.125. The molecule has 0 aliphatic carbocycles. The van der Waals surface area contributed by atoms with Crippen molar-refractivity contribution in [3.05, 3.63) is 110 Å². The summed E-state index contributed by atoms with van der Waals surface area (Å²) in [4.78, 5) is 17.2. The van der Waals surface area contributed by atoms with Crippen molar-refractivity contribution in [3.8, 4) is 11.8 Å². The molecule has 4 aromatic rings. The lowest BCUT2D eigenvalue weighted by molar-refractivity contribution is -0.126. The van der Waals surface area contributed by atoms with Gasteiger partial charge in [0.15, 0.2) is 0 Å². The average molecular weight is 678 g/mol. The zero-order chi connectivity index (χ0) is 26.5. The molecule has 7 heteroatoms. The van der Waals surface area contributed by atoms with E-state index in [0.29, 0.717) is 19.7 Å². The summed E-state index contributed by atoms with van der Waals surface area (Å²) in [7, 11) is 0. The zero-order valence-electron chi connectivity index (χ0n) is 20.6. The van der Waals surface area contributed by atoms with E-state index < -0.39 is 0 Å². The smallest absolute Gasteiger partial charge is 0.264 e. The number of benzene rings is 4. The average Bonchev–Trinajstić information content (AvgIpc) is 2.96. The molecular formula is C31H25BrIN3O2. The Balaban J connectivity index is 1.28. The molecule has 190 valence electrons. The van der Waals surface area contributed by atoms with E-state index in [9.17, 15) is 10.1 Å². The van der Waals surface area contributed by atoms with Gasteiger partial charge in [0.25, 0.3) is 5.91 Å². The maximum Gasteiger partial charge on any atom is 0.264 e. The number of para-hydroxylation sites is 1. The molecular weight excluding hydrogens is 653 g/mol. The predicted octanol–water partition coefficient (Wildman–Crippen LogP) is 7.04. The normalized spacial score (nSPS) is 13.9. The molecule has 0 saturated carbocycles. The molecule has 0 aromatic heterocycles. The number of carbonyl (C=O) groups is 1. The molecule has 1 aliphatic heterocycles. The van der Waals surface area contributed by atoms with Crippen LogP contribution in [0.3, 0.4) is 0 Å². The number of halogens is 2. The summed E-state index contributed by atoms with van der Waals surface area (Å²) in [6.07, 6.45) is 1.66. The van der Waals surface area contributed by atoms with Crippen molar-refractivity contribution in [2.24, 2.45) is 0 Å². The molecule has 0 bridgehead atoms. The van der Waals surface area contributed by atoms with Gasteiger partial charge in [-0.2, -0.15) is 5.26 Å². The van der Waals surface area contributed by atoms with Gasteiger partial charge in [-0.1, -0.05) is 60.7 Å². The summed E-state index contributed by atoms with van der Waals surface area (Å²) in [5, 5.41) is 12.1. The number of rotatable bonds is 6. The highest BCUT2D eigenvalue weighted by Gasteiger charge is 2.24. The first-order chi connectivity index (χ1) is 18.5. The van der Waals surface area contributed by atoms with Crippen molar-refractivity contribution in [2.45, 2.75) is 6.61 Å². The number of hydrogen-bond acceptors (Lipinski definition) is 4. The van der Waals surface area contributed by atoms with Crippen LogP contribution in [0.1, 0.15) is 11.1 Å². The topological polar surface area (TPSA) is 56.6 Å². The lowest BCUT2D eigenvalue weighted by Gasteiger charge is -2.36. The highest BCUT2D eigenvalue weighted by Crippen LogP contribution is 2.34. The molecule has 1 saturated heterocycles. The van der Waals surface area contributed by atoms with Crippen LogP contribution in [0.25, 0.3) is 16.8 Å². The van der Waals surface area contributed by atoms with Crippen LogP contribution in [0.2, 0.25) is 0 Å². The van der Waals surface area contributed by atoms with Gasteiger partial charge in [-0.25, -0.2) is 0 Å². The Kier molecular flexibility index (Phi) is 8.30.